The summed E-state index contributed by atoms with van der Waals surface area (Å²) in [5, 5.41) is 0. The lowest BCUT2D eigenvalue weighted by Gasteiger charge is -2.36. The Labute approximate surface area is 102 Å². The summed E-state index contributed by atoms with van der Waals surface area (Å²) in [5.41, 5.74) is 14.5. The quantitative estimate of drug-likeness (QED) is 0.773. The van der Waals surface area contributed by atoms with Crippen LogP contribution in [0.15, 0.2) is 18.2 Å². The minimum Gasteiger partial charge on any atom is -0.398 e. The van der Waals surface area contributed by atoms with Gasteiger partial charge >= 0.3 is 0 Å². The predicted molar refractivity (Wildman–Crippen MR) is 69.8 cm³/mol. The Hall–Kier alpha value is -1.71. The number of amides is 1. The van der Waals surface area contributed by atoms with Gasteiger partial charge in [-0.25, -0.2) is 0 Å². The summed E-state index contributed by atoms with van der Waals surface area (Å²) in [6, 6.07) is 5.64. The molecule has 1 aliphatic rings. The van der Waals surface area contributed by atoms with Gasteiger partial charge in [-0.3, -0.25) is 4.79 Å². The van der Waals surface area contributed by atoms with E-state index in [1.165, 1.54) is 0 Å². The van der Waals surface area contributed by atoms with E-state index in [0.29, 0.717) is 0 Å². The number of primary amides is 1. The van der Waals surface area contributed by atoms with Crippen LogP contribution in [0.5, 0.6) is 0 Å². The van der Waals surface area contributed by atoms with E-state index in [9.17, 15) is 4.79 Å². The third kappa shape index (κ3) is 2.07. The van der Waals surface area contributed by atoms with Crippen LogP contribution in [-0.2, 0) is 11.2 Å². The number of carbonyl (C=O) groups is 1. The average molecular weight is 233 g/mol. The topological polar surface area (TPSA) is 72.4 Å². The van der Waals surface area contributed by atoms with Crippen molar-refractivity contribution in [1.82, 2.24) is 0 Å². The molecule has 4 heteroatoms. The van der Waals surface area contributed by atoms with Gasteiger partial charge in [-0.05, 0) is 37.0 Å². The fourth-order valence-corrected chi connectivity index (χ4v) is 2.58. The van der Waals surface area contributed by atoms with E-state index in [2.05, 4.69) is 4.90 Å². The smallest absolute Gasteiger partial charge is 0.240 e. The first-order chi connectivity index (χ1) is 8.15. The predicted octanol–water partition coefficient (Wildman–Crippen LogP) is 1.29. The highest BCUT2D eigenvalue weighted by molar-refractivity contribution is 5.84. The maximum Gasteiger partial charge on any atom is 0.240 e. The SMILES string of the molecule is CCC(C(N)=O)N1CCCc2c(N)cccc21. The van der Waals surface area contributed by atoms with Crippen LogP contribution in [0.3, 0.4) is 0 Å². The molecule has 1 aromatic carbocycles. The molecule has 0 aromatic heterocycles. The highest BCUT2D eigenvalue weighted by atomic mass is 16.1. The summed E-state index contributed by atoms with van der Waals surface area (Å²) in [4.78, 5) is 13.6. The maximum atomic E-state index is 11.5. The van der Waals surface area contributed by atoms with Crippen LogP contribution < -0.4 is 16.4 Å². The number of hydrogen-bond acceptors (Lipinski definition) is 3. The number of hydrogen-bond donors (Lipinski definition) is 2. The van der Waals surface area contributed by atoms with Gasteiger partial charge in [0.2, 0.25) is 5.91 Å². The summed E-state index contributed by atoms with van der Waals surface area (Å²) in [7, 11) is 0. The van der Waals surface area contributed by atoms with Gasteiger partial charge in [0.1, 0.15) is 6.04 Å². The number of anilines is 2. The van der Waals surface area contributed by atoms with Crippen molar-refractivity contribution in [3.63, 3.8) is 0 Å². The summed E-state index contributed by atoms with van der Waals surface area (Å²) < 4.78 is 0. The monoisotopic (exact) mass is 233 g/mol. The van der Waals surface area contributed by atoms with Crippen molar-refractivity contribution in [3.8, 4) is 0 Å². The Morgan fingerprint density at radius 1 is 1.53 bits per heavy atom. The van der Waals surface area contributed by atoms with Crippen LogP contribution in [0.1, 0.15) is 25.3 Å². The summed E-state index contributed by atoms with van der Waals surface area (Å²) in [6.07, 6.45) is 2.72. The molecule has 1 aliphatic heterocycles. The molecule has 0 radical (unpaired) electrons. The number of fused-ring (bicyclic) bond motifs is 1. The van der Waals surface area contributed by atoms with Gasteiger partial charge < -0.3 is 16.4 Å². The van der Waals surface area contributed by atoms with E-state index in [4.69, 9.17) is 11.5 Å². The van der Waals surface area contributed by atoms with Crippen LogP contribution in [-0.4, -0.2) is 18.5 Å². The molecule has 1 unspecified atom stereocenters. The van der Waals surface area contributed by atoms with Crippen LogP contribution >= 0.6 is 0 Å². The largest absolute Gasteiger partial charge is 0.398 e. The Balaban J connectivity index is 2.40. The highest BCUT2D eigenvalue weighted by Crippen LogP contribution is 2.32. The normalized spacial score (nSPS) is 16.4. The molecule has 2 rings (SSSR count). The van der Waals surface area contributed by atoms with Crippen LogP contribution in [0, 0.1) is 0 Å². The molecule has 0 fully saturated rings. The van der Waals surface area contributed by atoms with E-state index in [-0.39, 0.29) is 11.9 Å². The van der Waals surface area contributed by atoms with Crippen molar-refractivity contribution in [2.24, 2.45) is 5.73 Å². The first kappa shape index (κ1) is 11.8. The number of nitrogen functional groups attached to an aromatic ring is 1. The summed E-state index contributed by atoms with van der Waals surface area (Å²) in [6.45, 7) is 2.86. The summed E-state index contributed by atoms with van der Waals surface area (Å²) in [5.74, 6) is -0.261. The Morgan fingerprint density at radius 3 is 2.94 bits per heavy atom. The molecular weight excluding hydrogens is 214 g/mol. The maximum absolute atomic E-state index is 11.5. The molecule has 4 nitrogen and oxygen atoms in total. The molecule has 0 bridgehead atoms. The second kappa shape index (κ2) is 4.65. The number of rotatable bonds is 3. The second-order valence-corrected chi connectivity index (χ2v) is 4.47. The zero-order valence-corrected chi connectivity index (χ0v) is 10.1. The molecule has 1 aromatic rings. The van der Waals surface area contributed by atoms with Crippen molar-refractivity contribution in [3.05, 3.63) is 23.8 Å². The molecule has 0 saturated heterocycles. The lowest BCUT2D eigenvalue weighted by Crippen LogP contribution is -2.46. The van der Waals surface area contributed by atoms with Crippen molar-refractivity contribution < 1.29 is 4.79 Å². The molecule has 4 N–H and O–H groups in total. The fourth-order valence-electron chi connectivity index (χ4n) is 2.58. The lowest BCUT2D eigenvalue weighted by molar-refractivity contribution is -0.119. The minimum atomic E-state index is -0.261. The Kier molecular flexibility index (Phi) is 3.22. The third-order valence-corrected chi connectivity index (χ3v) is 3.41. The van der Waals surface area contributed by atoms with Crippen molar-refractivity contribution in [2.45, 2.75) is 32.2 Å². The standard InChI is InChI=1S/C13H19N3O/c1-2-11(13(15)17)16-8-4-5-9-10(14)6-3-7-12(9)16/h3,6-7,11H,2,4-5,8,14H2,1H3,(H2,15,17). The number of benzene rings is 1. The van der Waals surface area contributed by atoms with E-state index in [1.54, 1.807) is 0 Å². The van der Waals surface area contributed by atoms with Crippen molar-refractivity contribution >= 4 is 17.3 Å². The molecule has 17 heavy (non-hydrogen) atoms. The van der Waals surface area contributed by atoms with E-state index in [1.807, 2.05) is 25.1 Å². The Bertz CT molecular complexity index is 431. The molecule has 1 atom stereocenters. The zero-order chi connectivity index (χ0) is 12.4. The highest BCUT2D eigenvalue weighted by Gasteiger charge is 2.27. The molecule has 0 saturated carbocycles. The minimum absolute atomic E-state index is 0.226. The fraction of sp³-hybridized carbons (Fsp3) is 0.462. The van der Waals surface area contributed by atoms with Crippen LogP contribution in [0.4, 0.5) is 11.4 Å². The second-order valence-electron chi connectivity index (χ2n) is 4.47. The molecule has 1 heterocycles. The van der Waals surface area contributed by atoms with Crippen LogP contribution in [0.2, 0.25) is 0 Å². The van der Waals surface area contributed by atoms with E-state index >= 15 is 0 Å². The van der Waals surface area contributed by atoms with Gasteiger partial charge in [0, 0.05) is 17.9 Å². The number of carbonyl (C=O) groups excluding carboxylic acids is 1. The zero-order valence-electron chi connectivity index (χ0n) is 10.1. The summed E-state index contributed by atoms with van der Waals surface area (Å²) >= 11 is 0. The lowest BCUT2D eigenvalue weighted by atomic mass is 9.97. The molecule has 0 aliphatic carbocycles. The average Bonchev–Trinajstić information content (AvgIpc) is 2.31. The van der Waals surface area contributed by atoms with Crippen molar-refractivity contribution in [2.75, 3.05) is 17.2 Å². The molecular formula is C13H19N3O. The van der Waals surface area contributed by atoms with Gasteiger partial charge in [0.15, 0.2) is 0 Å². The molecule has 92 valence electrons. The third-order valence-electron chi connectivity index (χ3n) is 3.41. The number of nitrogens with two attached hydrogens (primary N) is 2. The first-order valence-electron chi connectivity index (χ1n) is 6.08. The van der Waals surface area contributed by atoms with Gasteiger partial charge in [-0.2, -0.15) is 0 Å². The Morgan fingerprint density at radius 2 is 2.29 bits per heavy atom. The number of nitrogens with zero attached hydrogens (tertiary/aromatic N) is 1. The van der Waals surface area contributed by atoms with Gasteiger partial charge in [0.25, 0.3) is 0 Å². The molecule has 1 amide bonds. The van der Waals surface area contributed by atoms with Gasteiger partial charge in [-0.15, -0.1) is 0 Å². The van der Waals surface area contributed by atoms with Gasteiger partial charge in [0.05, 0.1) is 0 Å². The molecule has 0 spiro atoms. The van der Waals surface area contributed by atoms with Gasteiger partial charge in [-0.1, -0.05) is 13.0 Å². The van der Waals surface area contributed by atoms with Crippen molar-refractivity contribution in [1.29, 1.82) is 0 Å². The first-order valence-corrected chi connectivity index (χ1v) is 6.08. The van der Waals surface area contributed by atoms with E-state index in [0.717, 1.165) is 42.7 Å². The van der Waals surface area contributed by atoms with E-state index < -0.39 is 0 Å². The van der Waals surface area contributed by atoms with Crippen LogP contribution in [0.25, 0.3) is 0 Å².